The molecule has 0 atom stereocenters. The van der Waals surface area contributed by atoms with Gasteiger partial charge in [0.05, 0.1) is 0 Å². The Balaban J connectivity index is 0. The fourth-order valence-corrected chi connectivity index (χ4v) is 0.581. The van der Waals surface area contributed by atoms with Crippen molar-refractivity contribution in [3.8, 4) is 0 Å². The monoisotopic (exact) mass is 232 g/mol. The van der Waals surface area contributed by atoms with Gasteiger partial charge >= 0.3 is 11.9 Å². The van der Waals surface area contributed by atoms with Crippen molar-refractivity contribution in [1.82, 2.24) is 0 Å². The SMILES string of the molecule is CC(C)C(=O)C(=O)O.CCCC(=O)C(=O)O. The molecule has 0 fully saturated rings. The molecule has 16 heavy (non-hydrogen) atoms. The van der Waals surface area contributed by atoms with Gasteiger partial charge in [-0.25, -0.2) is 9.59 Å². The molecule has 0 spiro atoms. The van der Waals surface area contributed by atoms with E-state index in [4.69, 9.17) is 10.2 Å². The number of carbonyl (C=O) groups excluding carboxylic acids is 2. The smallest absolute Gasteiger partial charge is 0.372 e. The molecule has 0 aliphatic carbocycles. The van der Waals surface area contributed by atoms with Gasteiger partial charge in [0, 0.05) is 12.3 Å². The van der Waals surface area contributed by atoms with Crippen LogP contribution in [0.3, 0.4) is 0 Å². The van der Waals surface area contributed by atoms with Crippen LogP contribution in [0.2, 0.25) is 0 Å². The molecule has 0 aliphatic heterocycles. The first-order valence-corrected chi connectivity index (χ1v) is 4.77. The Morgan fingerprint density at radius 3 is 1.50 bits per heavy atom. The summed E-state index contributed by atoms with van der Waals surface area (Å²) in [6.45, 7) is 4.87. The first kappa shape index (κ1) is 16.7. The van der Waals surface area contributed by atoms with Crippen LogP contribution in [0.25, 0.3) is 0 Å². The zero-order chi connectivity index (χ0) is 13.3. The highest BCUT2D eigenvalue weighted by Gasteiger charge is 2.14. The van der Waals surface area contributed by atoms with E-state index in [2.05, 4.69) is 0 Å². The molecule has 0 aromatic heterocycles. The van der Waals surface area contributed by atoms with Gasteiger partial charge in [0.2, 0.25) is 11.6 Å². The summed E-state index contributed by atoms with van der Waals surface area (Å²) in [5.41, 5.74) is 0. The number of Topliss-reactive ketones (excluding diaryl/α,β-unsaturated/α-hetero) is 2. The van der Waals surface area contributed by atoms with E-state index in [-0.39, 0.29) is 6.42 Å². The van der Waals surface area contributed by atoms with E-state index < -0.39 is 29.4 Å². The number of carboxylic acid groups (broad SMARTS) is 2. The van der Waals surface area contributed by atoms with Crippen LogP contribution >= 0.6 is 0 Å². The molecule has 0 heterocycles. The highest BCUT2D eigenvalue weighted by molar-refractivity contribution is 6.33. The summed E-state index contributed by atoms with van der Waals surface area (Å²) in [4.78, 5) is 39.9. The van der Waals surface area contributed by atoms with Gasteiger partial charge in [-0.1, -0.05) is 20.8 Å². The van der Waals surface area contributed by atoms with Gasteiger partial charge < -0.3 is 10.2 Å². The minimum Gasteiger partial charge on any atom is -0.476 e. The van der Waals surface area contributed by atoms with E-state index in [1.165, 1.54) is 0 Å². The van der Waals surface area contributed by atoms with Crippen molar-refractivity contribution in [2.45, 2.75) is 33.6 Å². The molecule has 0 amide bonds. The molecule has 0 saturated carbocycles. The third kappa shape index (κ3) is 8.86. The number of hydrogen-bond donors (Lipinski definition) is 2. The molecule has 0 aromatic carbocycles. The summed E-state index contributed by atoms with van der Waals surface area (Å²) in [5, 5.41) is 16.0. The maximum Gasteiger partial charge on any atom is 0.372 e. The molecule has 0 unspecified atom stereocenters. The predicted octanol–water partition coefficient (Wildman–Crippen LogP) is 0.736. The van der Waals surface area contributed by atoms with Crippen LogP contribution in [0.4, 0.5) is 0 Å². The number of aliphatic carboxylic acids is 2. The second-order valence-corrected chi connectivity index (χ2v) is 3.30. The van der Waals surface area contributed by atoms with Crippen molar-refractivity contribution in [2.24, 2.45) is 5.92 Å². The summed E-state index contributed by atoms with van der Waals surface area (Å²) in [5.74, 6) is -4.50. The molecule has 0 radical (unpaired) electrons. The quantitative estimate of drug-likeness (QED) is 0.676. The molecule has 0 saturated heterocycles. The molecule has 92 valence electrons. The van der Waals surface area contributed by atoms with Gasteiger partial charge in [-0.2, -0.15) is 0 Å². The maximum absolute atomic E-state index is 10.2. The fourth-order valence-electron chi connectivity index (χ4n) is 0.581. The Morgan fingerprint density at radius 2 is 1.44 bits per heavy atom. The normalized spacial score (nSPS) is 9.00. The molecular formula is C10H16O6. The van der Waals surface area contributed by atoms with Crippen molar-refractivity contribution < 1.29 is 29.4 Å². The van der Waals surface area contributed by atoms with E-state index in [1.807, 2.05) is 0 Å². The first-order valence-electron chi connectivity index (χ1n) is 4.77. The zero-order valence-corrected chi connectivity index (χ0v) is 9.52. The number of carboxylic acids is 2. The summed E-state index contributed by atoms with van der Waals surface area (Å²) in [7, 11) is 0. The predicted molar refractivity (Wildman–Crippen MR) is 55.0 cm³/mol. The van der Waals surface area contributed by atoms with Crippen LogP contribution in [0, 0.1) is 5.92 Å². The summed E-state index contributed by atoms with van der Waals surface area (Å²) in [6.07, 6.45) is 0.750. The average molecular weight is 232 g/mol. The molecule has 6 nitrogen and oxygen atoms in total. The summed E-state index contributed by atoms with van der Waals surface area (Å²) < 4.78 is 0. The van der Waals surface area contributed by atoms with E-state index in [0.29, 0.717) is 6.42 Å². The van der Waals surface area contributed by atoms with Crippen molar-refractivity contribution in [3.05, 3.63) is 0 Å². The van der Waals surface area contributed by atoms with Crippen LogP contribution in [-0.4, -0.2) is 33.7 Å². The standard InChI is InChI=1S/2C5H8O3/c1-3(2)4(6)5(7)8;1-2-3-4(6)5(7)8/h3H,1-2H3,(H,7,8);2-3H2,1H3,(H,7,8). The first-order chi connectivity index (χ1) is 7.23. The zero-order valence-electron chi connectivity index (χ0n) is 9.52. The Labute approximate surface area is 93.3 Å². The summed E-state index contributed by atoms with van der Waals surface area (Å²) >= 11 is 0. The minimum absolute atomic E-state index is 0.148. The second-order valence-electron chi connectivity index (χ2n) is 3.30. The Kier molecular flexibility index (Phi) is 8.95. The van der Waals surface area contributed by atoms with Crippen LogP contribution in [0.5, 0.6) is 0 Å². The lowest BCUT2D eigenvalue weighted by Gasteiger charge is -1.93. The highest BCUT2D eigenvalue weighted by Crippen LogP contribution is 1.92. The lowest BCUT2D eigenvalue weighted by molar-refractivity contribution is -0.150. The van der Waals surface area contributed by atoms with Gasteiger partial charge in [0.1, 0.15) is 0 Å². The minimum atomic E-state index is -1.35. The number of carbonyl (C=O) groups is 4. The number of rotatable bonds is 5. The molecule has 0 aliphatic rings. The number of ketones is 2. The molecule has 0 bridgehead atoms. The van der Waals surface area contributed by atoms with E-state index in [9.17, 15) is 19.2 Å². The fraction of sp³-hybridized carbons (Fsp3) is 0.600. The third-order valence-electron chi connectivity index (χ3n) is 1.45. The van der Waals surface area contributed by atoms with E-state index in [1.54, 1.807) is 20.8 Å². The van der Waals surface area contributed by atoms with Crippen LogP contribution < -0.4 is 0 Å². The largest absolute Gasteiger partial charge is 0.476 e. The van der Waals surface area contributed by atoms with Crippen molar-refractivity contribution in [2.75, 3.05) is 0 Å². The maximum atomic E-state index is 10.2. The van der Waals surface area contributed by atoms with Gasteiger partial charge in [-0.05, 0) is 6.42 Å². The third-order valence-corrected chi connectivity index (χ3v) is 1.45. The van der Waals surface area contributed by atoms with E-state index >= 15 is 0 Å². The van der Waals surface area contributed by atoms with Crippen molar-refractivity contribution in [1.29, 1.82) is 0 Å². The Morgan fingerprint density at radius 1 is 1.00 bits per heavy atom. The van der Waals surface area contributed by atoms with Gasteiger partial charge in [0.25, 0.3) is 0 Å². The molecule has 6 heteroatoms. The summed E-state index contributed by atoms with van der Waals surface area (Å²) in [6, 6.07) is 0. The lowest BCUT2D eigenvalue weighted by atomic mass is 10.1. The van der Waals surface area contributed by atoms with Gasteiger partial charge in [-0.15, -0.1) is 0 Å². The van der Waals surface area contributed by atoms with Crippen molar-refractivity contribution >= 4 is 23.5 Å². The topological polar surface area (TPSA) is 109 Å². The average Bonchev–Trinajstić information content (AvgIpc) is 2.17. The Hall–Kier alpha value is -1.72. The lowest BCUT2D eigenvalue weighted by Crippen LogP contribution is -2.18. The Bertz CT molecular complexity index is 279. The van der Waals surface area contributed by atoms with Gasteiger partial charge in [0.15, 0.2) is 0 Å². The van der Waals surface area contributed by atoms with Crippen LogP contribution in [-0.2, 0) is 19.2 Å². The molecule has 2 N–H and O–H groups in total. The second kappa shape index (κ2) is 8.58. The van der Waals surface area contributed by atoms with E-state index in [0.717, 1.165) is 0 Å². The molecule has 0 rings (SSSR count). The molecular weight excluding hydrogens is 216 g/mol. The van der Waals surface area contributed by atoms with Crippen molar-refractivity contribution in [3.63, 3.8) is 0 Å². The van der Waals surface area contributed by atoms with Crippen LogP contribution in [0.15, 0.2) is 0 Å². The van der Waals surface area contributed by atoms with Crippen LogP contribution in [0.1, 0.15) is 33.6 Å². The number of hydrogen-bond acceptors (Lipinski definition) is 4. The molecule has 0 aromatic rings. The highest BCUT2D eigenvalue weighted by atomic mass is 16.4. The van der Waals surface area contributed by atoms with Gasteiger partial charge in [-0.3, -0.25) is 9.59 Å².